The van der Waals surface area contributed by atoms with Gasteiger partial charge in [-0.2, -0.15) is 0 Å². The van der Waals surface area contributed by atoms with E-state index in [2.05, 4.69) is 4.72 Å². The van der Waals surface area contributed by atoms with Crippen molar-refractivity contribution in [2.45, 2.75) is 11.8 Å². The summed E-state index contributed by atoms with van der Waals surface area (Å²) in [5, 5.41) is 0.242. The number of nitrogens with zero attached hydrogens (tertiary/aromatic N) is 1. The number of benzene rings is 3. The van der Waals surface area contributed by atoms with Gasteiger partial charge in [0.2, 0.25) is 0 Å². The maximum atomic E-state index is 12.9. The number of carbonyl (C=O) groups excluding carboxylic acids is 1. The zero-order chi connectivity index (χ0) is 20.3. The number of carbonyl (C=O) groups is 1. The van der Waals surface area contributed by atoms with Gasteiger partial charge < -0.3 is 4.90 Å². The molecule has 144 valence electrons. The Morgan fingerprint density at radius 1 is 0.964 bits per heavy atom. The smallest absolute Gasteiger partial charge is 0.261 e. The van der Waals surface area contributed by atoms with E-state index in [-0.39, 0.29) is 27.1 Å². The highest BCUT2D eigenvalue weighted by molar-refractivity contribution is 7.92. The minimum Gasteiger partial charge on any atom is -0.311 e. The molecule has 0 atom stereocenters. The van der Waals surface area contributed by atoms with Gasteiger partial charge >= 0.3 is 0 Å². The van der Waals surface area contributed by atoms with E-state index in [0.717, 1.165) is 5.56 Å². The van der Waals surface area contributed by atoms with Crippen LogP contribution >= 0.6 is 11.6 Å². The van der Waals surface area contributed by atoms with E-state index in [0.29, 0.717) is 5.69 Å². The molecule has 0 saturated carbocycles. The molecule has 0 unspecified atom stereocenters. The molecular formula is C21H19ClN2O3S. The van der Waals surface area contributed by atoms with Crippen LogP contribution < -0.4 is 9.62 Å². The molecule has 28 heavy (non-hydrogen) atoms. The van der Waals surface area contributed by atoms with Gasteiger partial charge in [-0.25, -0.2) is 8.42 Å². The number of sulfonamides is 1. The predicted octanol–water partition coefficient (Wildman–Crippen LogP) is 4.73. The molecule has 3 aromatic rings. The lowest BCUT2D eigenvalue weighted by Gasteiger charge is -2.18. The summed E-state index contributed by atoms with van der Waals surface area (Å²) in [6.07, 6.45) is 0. The Balaban J connectivity index is 1.89. The summed E-state index contributed by atoms with van der Waals surface area (Å²) in [5.41, 5.74) is 2.13. The van der Waals surface area contributed by atoms with Crippen molar-refractivity contribution in [3.8, 4) is 0 Å². The number of aryl methyl sites for hydroxylation is 1. The molecule has 0 aliphatic heterocycles. The summed E-state index contributed by atoms with van der Waals surface area (Å²) < 4.78 is 27.7. The van der Waals surface area contributed by atoms with Gasteiger partial charge in [0.1, 0.15) is 0 Å². The third-order valence-corrected chi connectivity index (χ3v) is 5.96. The molecule has 3 aromatic carbocycles. The van der Waals surface area contributed by atoms with Crippen LogP contribution in [0.2, 0.25) is 5.02 Å². The summed E-state index contributed by atoms with van der Waals surface area (Å²) in [7, 11) is -2.14. The summed E-state index contributed by atoms with van der Waals surface area (Å²) in [6, 6.07) is 20.1. The molecule has 0 heterocycles. The number of hydrogen-bond acceptors (Lipinski definition) is 3. The summed E-state index contributed by atoms with van der Waals surface area (Å²) in [4.78, 5) is 14.5. The molecule has 0 aromatic heterocycles. The lowest BCUT2D eigenvalue weighted by Crippen LogP contribution is -2.26. The predicted molar refractivity (Wildman–Crippen MR) is 113 cm³/mol. The van der Waals surface area contributed by atoms with Crippen molar-refractivity contribution in [2.75, 3.05) is 16.7 Å². The molecule has 1 amide bonds. The molecule has 5 nitrogen and oxygen atoms in total. The molecule has 0 fully saturated rings. The molecule has 0 radical (unpaired) electrons. The van der Waals surface area contributed by atoms with Gasteiger partial charge in [0.05, 0.1) is 15.5 Å². The first-order valence-corrected chi connectivity index (χ1v) is 10.4. The highest BCUT2D eigenvalue weighted by Gasteiger charge is 2.19. The quantitative estimate of drug-likeness (QED) is 0.656. The van der Waals surface area contributed by atoms with Crippen LogP contribution in [0.5, 0.6) is 0 Å². The van der Waals surface area contributed by atoms with Crippen molar-refractivity contribution >= 4 is 38.9 Å². The summed E-state index contributed by atoms with van der Waals surface area (Å²) >= 11 is 6.20. The third kappa shape index (κ3) is 4.35. The lowest BCUT2D eigenvalue weighted by molar-refractivity contribution is 0.0993. The second-order valence-electron chi connectivity index (χ2n) is 6.31. The third-order valence-electron chi connectivity index (χ3n) is 4.23. The van der Waals surface area contributed by atoms with Crippen LogP contribution in [0.1, 0.15) is 15.9 Å². The first-order chi connectivity index (χ1) is 13.3. The number of para-hydroxylation sites is 1. The fourth-order valence-corrected chi connectivity index (χ4v) is 3.88. The van der Waals surface area contributed by atoms with E-state index in [4.69, 9.17) is 11.6 Å². The van der Waals surface area contributed by atoms with Crippen molar-refractivity contribution in [1.29, 1.82) is 0 Å². The van der Waals surface area contributed by atoms with Gasteiger partial charge in [0.15, 0.2) is 0 Å². The Morgan fingerprint density at radius 3 is 2.25 bits per heavy atom. The van der Waals surface area contributed by atoms with Gasteiger partial charge in [0.25, 0.3) is 15.9 Å². The van der Waals surface area contributed by atoms with Crippen LogP contribution in [0.25, 0.3) is 0 Å². The zero-order valence-corrected chi connectivity index (χ0v) is 17.0. The molecule has 0 aliphatic carbocycles. The maximum absolute atomic E-state index is 12.9. The topological polar surface area (TPSA) is 66.5 Å². The molecular weight excluding hydrogens is 396 g/mol. The zero-order valence-electron chi connectivity index (χ0n) is 15.4. The molecule has 7 heteroatoms. The number of nitrogens with one attached hydrogen (secondary N) is 1. The fourth-order valence-electron chi connectivity index (χ4n) is 2.63. The maximum Gasteiger partial charge on any atom is 0.261 e. The normalized spacial score (nSPS) is 11.1. The highest BCUT2D eigenvalue weighted by Crippen LogP contribution is 2.25. The SMILES string of the molecule is Cc1ccc(S(=O)(=O)Nc2ccc(Cl)c(C(=O)N(C)c3ccccc3)c2)cc1. The molecule has 0 aliphatic rings. The van der Waals surface area contributed by atoms with Crippen LogP contribution in [0.4, 0.5) is 11.4 Å². The van der Waals surface area contributed by atoms with Gasteiger partial charge in [-0.15, -0.1) is 0 Å². The van der Waals surface area contributed by atoms with Crippen LogP contribution in [0, 0.1) is 6.92 Å². The minimum absolute atomic E-state index is 0.141. The Labute approximate surface area is 169 Å². The van der Waals surface area contributed by atoms with Crippen molar-refractivity contribution < 1.29 is 13.2 Å². The molecule has 1 N–H and O–H groups in total. The minimum atomic E-state index is -3.78. The van der Waals surface area contributed by atoms with Crippen LogP contribution in [0.15, 0.2) is 77.7 Å². The second-order valence-corrected chi connectivity index (χ2v) is 8.40. The Hall–Kier alpha value is -2.83. The van der Waals surface area contributed by atoms with Crippen molar-refractivity contribution in [3.05, 3.63) is 88.9 Å². The molecule has 0 spiro atoms. The first-order valence-electron chi connectivity index (χ1n) is 8.50. The van der Waals surface area contributed by atoms with Crippen molar-refractivity contribution in [3.63, 3.8) is 0 Å². The van der Waals surface area contributed by atoms with E-state index in [1.807, 2.05) is 25.1 Å². The average molecular weight is 415 g/mol. The van der Waals surface area contributed by atoms with Crippen LogP contribution in [-0.2, 0) is 10.0 Å². The number of rotatable bonds is 5. The van der Waals surface area contributed by atoms with Crippen LogP contribution in [-0.4, -0.2) is 21.4 Å². The largest absolute Gasteiger partial charge is 0.311 e. The molecule has 0 bridgehead atoms. The average Bonchev–Trinajstić information content (AvgIpc) is 2.69. The van der Waals surface area contributed by atoms with E-state index >= 15 is 0 Å². The van der Waals surface area contributed by atoms with Gasteiger partial charge in [-0.3, -0.25) is 9.52 Å². The van der Waals surface area contributed by atoms with E-state index in [1.165, 1.54) is 35.2 Å². The fraction of sp³-hybridized carbons (Fsp3) is 0.0952. The van der Waals surface area contributed by atoms with Gasteiger partial charge in [-0.05, 0) is 49.4 Å². The number of hydrogen-bond donors (Lipinski definition) is 1. The van der Waals surface area contributed by atoms with E-state index in [9.17, 15) is 13.2 Å². The lowest BCUT2D eigenvalue weighted by atomic mass is 10.1. The molecule has 3 rings (SSSR count). The van der Waals surface area contributed by atoms with Crippen molar-refractivity contribution in [1.82, 2.24) is 0 Å². The van der Waals surface area contributed by atoms with Gasteiger partial charge in [-0.1, -0.05) is 47.5 Å². The van der Waals surface area contributed by atoms with Crippen molar-refractivity contribution in [2.24, 2.45) is 0 Å². The van der Waals surface area contributed by atoms with E-state index < -0.39 is 10.0 Å². The Bertz CT molecular complexity index is 1100. The second kappa shape index (κ2) is 8.04. The molecule has 0 saturated heterocycles. The number of halogens is 1. The van der Waals surface area contributed by atoms with Crippen LogP contribution in [0.3, 0.4) is 0 Å². The Kier molecular flexibility index (Phi) is 5.72. The monoisotopic (exact) mass is 414 g/mol. The number of amides is 1. The standard InChI is InChI=1S/C21H19ClN2O3S/c1-15-8-11-18(12-9-15)28(26,27)23-16-10-13-20(22)19(14-16)21(25)24(2)17-6-4-3-5-7-17/h3-14,23H,1-2H3. The highest BCUT2D eigenvalue weighted by atomic mass is 35.5. The van der Waals surface area contributed by atoms with E-state index in [1.54, 1.807) is 31.3 Å². The summed E-state index contributed by atoms with van der Waals surface area (Å²) in [6.45, 7) is 1.88. The summed E-state index contributed by atoms with van der Waals surface area (Å²) in [5.74, 6) is -0.340. The van der Waals surface area contributed by atoms with Gasteiger partial charge in [0, 0.05) is 18.4 Å². The number of anilines is 2. The Morgan fingerprint density at radius 2 is 1.61 bits per heavy atom. The first kappa shape index (κ1) is 19.9.